The molecule has 12 nitrogen and oxygen atoms in total. The molecule has 0 radical (unpaired) electrons. The molecule has 2 aliphatic rings. The van der Waals surface area contributed by atoms with Crippen LogP contribution in [-0.4, -0.2) is 79.3 Å². The second kappa shape index (κ2) is 15.6. The van der Waals surface area contributed by atoms with Gasteiger partial charge in [-0.3, -0.25) is 8.61 Å². The SMILES string of the molecule is CN(C)c1cccc2c(S(=O)(=O)N3c4ccccc4CC3C(=O)O)cccc12.CN(C)c1cccc2c(S(=O)(=O)N3c4ccccc4C[C@@H]3C(=O)O)cccc12.S. The number of carboxylic acid groups (broad SMARTS) is 2. The summed E-state index contributed by atoms with van der Waals surface area (Å²) in [6.45, 7) is 0. The highest BCUT2D eigenvalue weighted by molar-refractivity contribution is 7.93. The number of hydrogen-bond acceptors (Lipinski definition) is 8. The molecule has 0 spiro atoms. The molecule has 2 aliphatic heterocycles. The Hall–Kier alpha value is -5.77. The molecule has 15 heteroatoms. The van der Waals surface area contributed by atoms with Crippen LogP contribution in [0, 0.1) is 0 Å². The van der Waals surface area contributed by atoms with E-state index in [1.807, 2.05) is 74.4 Å². The van der Waals surface area contributed by atoms with Gasteiger partial charge in [-0.15, -0.1) is 0 Å². The molecule has 57 heavy (non-hydrogen) atoms. The Morgan fingerprint density at radius 2 is 0.842 bits per heavy atom. The lowest BCUT2D eigenvalue weighted by molar-refractivity contribution is -0.139. The lowest BCUT2D eigenvalue weighted by Crippen LogP contribution is -2.42. The second-order valence-electron chi connectivity index (χ2n) is 14.0. The van der Waals surface area contributed by atoms with Crippen LogP contribution >= 0.6 is 13.5 Å². The van der Waals surface area contributed by atoms with Gasteiger partial charge in [-0.1, -0.05) is 84.9 Å². The minimum Gasteiger partial charge on any atom is -0.480 e. The average Bonchev–Trinajstić information content (AvgIpc) is 3.78. The third-order valence-electron chi connectivity index (χ3n) is 10.2. The zero-order chi connectivity index (χ0) is 40.1. The third-order valence-corrected chi connectivity index (χ3v) is 13.9. The van der Waals surface area contributed by atoms with E-state index in [0.717, 1.165) is 30.8 Å². The van der Waals surface area contributed by atoms with Crippen LogP contribution in [0.25, 0.3) is 21.5 Å². The van der Waals surface area contributed by atoms with Gasteiger partial charge in [-0.2, -0.15) is 13.5 Å². The zero-order valence-corrected chi connectivity index (χ0v) is 34.2. The van der Waals surface area contributed by atoms with Gasteiger partial charge in [-0.05, 0) is 47.5 Å². The molecule has 2 atom stereocenters. The summed E-state index contributed by atoms with van der Waals surface area (Å²) in [7, 11) is -0.579. The smallest absolute Gasteiger partial charge is 0.327 e. The monoisotopic (exact) mass is 826 g/mol. The summed E-state index contributed by atoms with van der Waals surface area (Å²) in [5.74, 6) is -2.32. The Morgan fingerprint density at radius 3 is 1.19 bits per heavy atom. The summed E-state index contributed by atoms with van der Waals surface area (Å²) in [5, 5.41) is 22.1. The van der Waals surface area contributed by atoms with Crippen LogP contribution in [-0.2, 0) is 42.5 Å². The first-order valence-electron chi connectivity index (χ1n) is 17.7. The van der Waals surface area contributed by atoms with Crippen molar-refractivity contribution in [2.24, 2.45) is 0 Å². The summed E-state index contributed by atoms with van der Waals surface area (Å²) in [6, 6.07) is 32.7. The number of nitrogens with zero attached hydrogens (tertiary/aromatic N) is 4. The fourth-order valence-electron chi connectivity index (χ4n) is 7.66. The Bertz CT molecular complexity index is 2570. The van der Waals surface area contributed by atoms with E-state index in [-0.39, 0.29) is 36.1 Å². The van der Waals surface area contributed by atoms with E-state index in [1.54, 1.807) is 72.8 Å². The molecule has 6 aromatic rings. The minimum absolute atomic E-state index is 0. The Labute approximate surface area is 338 Å². The molecule has 296 valence electrons. The van der Waals surface area contributed by atoms with Crippen LogP contribution in [0.1, 0.15) is 11.1 Å². The predicted molar refractivity (Wildman–Crippen MR) is 229 cm³/mol. The van der Waals surface area contributed by atoms with Crippen LogP contribution in [0.15, 0.2) is 131 Å². The molecule has 2 N–H and O–H groups in total. The van der Waals surface area contributed by atoms with Crippen LogP contribution in [0.4, 0.5) is 22.7 Å². The molecule has 0 fully saturated rings. The maximum absolute atomic E-state index is 13.7. The van der Waals surface area contributed by atoms with Crippen LogP contribution in [0.5, 0.6) is 0 Å². The Morgan fingerprint density at radius 1 is 0.509 bits per heavy atom. The highest BCUT2D eigenvalue weighted by atomic mass is 32.2. The molecule has 0 aromatic heterocycles. The van der Waals surface area contributed by atoms with Crippen molar-refractivity contribution in [3.8, 4) is 0 Å². The van der Waals surface area contributed by atoms with Crippen LogP contribution in [0.2, 0.25) is 0 Å². The quantitative estimate of drug-likeness (QED) is 0.178. The molecule has 1 unspecified atom stereocenters. The predicted octanol–water partition coefficient (Wildman–Crippen LogP) is 6.33. The van der Waals surface area contributed by atoms with Gasteiger partial charge < -0.3 is 20.0 Å². The summed E-state index contributed by atoms with van der Waals surface area (Å²) in [6.07, 6.45) is 0.302. The maximum Gasteiger partial charge on any atom is 0.327 e. The summed E-state index contributed by atoms with van der Waals surface area (Å²) >= 11 is 0. The van der Waals surface area contributed by atoms with Crippen molar-refractivity contribution in [1.29, 1.82) is 0 Å². The summed E-state index contributed by atoms with van der Waals surface area (Å²) in [4.78, 5) is 27.8. The average molecular weight is 827 g/mol. The van der Waals surface area contributed by atoms with Gasteiger partial charge in [-0.25, -0.2) is 26.4 Å². The molecule has 6 aromatic carbocycles. The third kappa shape index (κ3) is 7.11. The first kappa shape index (κ1) is 40.9. The van der Waals surface area contributed by atoms with E-state index in [4.69, 9.17) is 0 Å². The van der Waals surface area contributed by atoms with Crippen LogP contribution < -0.4 is 18.4 Å². The second-order valence-corrected chi connectivity index (χ2v) is 17.6. The van der Waals surface area contributed by atoms with Crippen molar-refractivity contribution < 1.29 is 36.6 Å². The number of sulfonamides is 2. The molecule has 0 saturated carbocycles. The molecular weight excluding hydrogens is 785 g/mol. The van der Waals surface area contributed by atoms with E-state index in [2.05, 4.69) is 0 Å². The fourth-order valence-corrected chi connectivity index (χ4v) is 11.4. The summed E-state index contributed by atoms with van der Waals surface area (Å²) < 4.78 is 56.7. The molecule has 0 saturated heterocycles. The molecule has 8 rings (SSSR count). The number of anilines is 4. The number of aliphatic carboxylic acids is 2. The topological polar surface area (TPSA) is 156 Å². The Balaban J connectivity index is 0.000000189. The molecule has 0 aliphatic carbocycles. The van der Waals surface area contributed by atoms with Gasteiger partial charge in [0, 0.05) is 74.0 Å². The van der Waals surface area contributed by atoms with E-state index in [0.29, 0.717) is 33.3 Å². The number of benzene rings is 6. The molecule has 0 amide bonds. The Kier molecular flexibility index (Phi) is 11.2. The van der Waals surface area contributed by atoms with Gasteiger partial charge >= 0.3 is 11.9 Å². The number of rotatable bonds is 8. The first-order chi connectivity index (χ1) is 26.6. The summed E-state index contributed by atoms with van der Waals surface area (Å²) in [5.41, 5.74) is 4.07. The van der Waals surface area contributed by atoms with Crippen molar-refractivity contribution >= 4 is 89.8 Å². The minimum atomic E-state index is -4.08. The number of hydrogen-bond donors (Lipinski definition) is 2. The van der Waals surface area contributed by atoms with E-state index < -0.39 is 44.1 Å². The number of fused-ring (bicyclic) bond motifs is 4. The number of carbonyl (C=O) groups is 2. The van der Waals surface area contributed by atoms with E-state index in [9.17, 15) is 36.6 Å². The van der Waals surface area contributed by atoms with Crippen molar-refractivity contribution in [2.45, 2.75) is 34.7 Å². The lowest BCUT2D eigenvalue weighted by Gasteiger charge is -2.25. The van der Waals surface area contributed by atoms with Gasteiger partial charge in [0.1, 0.15) is 12.1 Å². The number of carboxylic acids is 2. The van der Waals surface area contributed by atoms with Crippen LogP contribution in [0.3, 0.4) is 0 Å². The van der Waals surface area contributed by atoms with Gasteiger partial charge in [0.15, 0.2) is 0 Å². The molecule has 2 heterocycles. The maximum atomic E-state index is 13.7. The van der Waals surface area contributed by atoms with E-state index >= 15 is 0 Å². The highest BCUT2D eigenvalue weighted by Crippen LogP contribution is 2.41. The normalized spacial score (nSPS) is 15.9. The molecular formula is C42H42N4O8S3. The van der Waals surface area contributed by atoms with E-state index in [1.165, 1.54) is 12.1 Å². The number of para-hydroxylation sites is 2. The van der Waals surface area contributed by atoms with Gasteiger partial charge in [0.05, 0.1) is 21.2 Å². The standard InChI is InChI=1S/2C21H20N2O4S.H2S/c2*1-22(2)18-11-5-9-16-15(18)8-6-12-20(16)28(26,27)23-17-10-4-3-7-14(17)13-19(23)21(24)25;/h2*3-12,19H,13H2,1-2H3,(H,24,25);1H2/t19-;;/m1../s1. The first-order valence-corrected chi connectivity index (χ1v) is 20.6. The van der Waals surface area contributed by atoms with Crippen molar-refractivity contribution in [1.82, 2.24) is 0 Å². The highest BCUT2D eigenvalue weighted by Gasteiger charge is 2.44. The van der Waals surface area contributed by atoms with Crippen molar-refractivity contribution in [3.63, 3.8) is 0 Å². The largest absolute Gasteiger partial charge is 0.480 e. The zero-order valence-electron chi connectivity index (χ0n) is 31.6. The van der Waals surface area contributed by atoms with Crippen molar-refractivity contribution in [2.75, 3.05) is 46.6 Å². The molecule has 0 bridgehead atoms. The van der Waals surface area contributed by atoms with Gasteiger partial charge in [0.25, 0.3) is 20.0 Å². The van der Waals surface area contributed by atoms with Crippen molar-refractivity contribution in [3.05, 3.63) is 132 Å². The fraction of sp³-hybridized carbons (Fsp3) is 0.190. The van der Waals surface area contributed by atoms with Gasteiger partial charge in [0.2, 0.25) is 0 Å². The lowest BCUT2D eigenvalue weighted by atomic mass is 10.1.